The van der Waals surface area contributed by atoms with E-state index in [9.17, 15) is 18.8 Å². The van der Waals surface area contributed by atoms with E-state index in [1.165, 1.54) is 19.1 Å². The van der Waals surface area contributed by atoms with Gasteiger partial charge in [-0.15, -0.1) is 0 Å². The first-order chi connectivity index (χ1) is 8.43. The molecule has 1 atom stereocenters. The highest BCUT2D eigenvalue weighted by Gasteiger charge is 2.40. The Hall–Kier alpha value is -2.24. The van der Waals surface area contributed by atoms with E-state index in [-0.39, 0.29) is 17.5 Å². The number of benzene rings is 1. The van der Waals surface area contributed by atoms with Gasteiger partial charge < -0.3 is 5.11 Å². The van der Waals surface area contributed by atoms with Crippen molar-refractivity contribution in [3.05, 3.63) is 35.1 Å². The van der Waals surface area contributed by atoms with Crippen LogP contribution in [0.1, 0.15) is 34.1 Å². The maximum Gasteiger partial charge on any atom is 0.305 e. The van der Waals surface area contributed by atoms with Gasteiger partial charge in [-0.3, -0.25) is 19.3 Å². The Labute approximate surface area is 102 Å². The second-order valence-electron chi connectivity index (χ2n) is 4.09. The van der Waals surface area contributed by atoms with E-state index in [1.807, 2.05) is 0 Å². The average molecular weight is 251 g/mol. The number of carbonyl (C=O) groups is 3. The van der Waals surface area contributed by atoms with Gasteiger partial charge in [0.05, 0.1) is 17.5 Å². The molecule has 1 N–H and O–H groups in total. The van der Waals surface area contributed by atoms with Gasteiger partial charge in [0.15, 0.2) is 0 Å². The van der Waals surface area contributed by atoms with Gasteiger partial charge in [0, 0.05) is 6.04 Å². The average Bonchev–Trinajstić information content (AvgIpc) is 2.51. The molecule has 1 heterocycles. The molecule has 1 aromatic rings. The topological polar surface area (TPSA) is 74.7 Å². The van der Waals surface area contributed by atoms with Crippen LogP contribution in [0.4, 0.5) is 4.39 Å². The zero-order valence-electron chi connectivity index (χ0n) is 9.51. The van der Waals surface area contributed by atoms with Crippen molar-refractivity contribution in [3.63, 3.8) is 0 Å². The molecule has 0 saturated carbocycles. The smallest absolute Gasteiger partial charge is 0.305 e. The molecule has 0 aliphatic carbocycles. The molecular weight excluding hydrogens is 241 g/mol. The molecule has 6 heteroatoms. The minimum atomic E-state index is -1.13. The molecule has 0 saturated heterocycles. The zero-order chi connectivity index (χ0) is 13.4. The predicted molar refractivity (Wildman–Crippen MR) is 58.6 cm³/mol. The molecule has 0 spiro atoms. The molecule has 2 rings (SSSR count). The van der Waals surface area contributed by atoms with E-state index in [1.54, 1.807) is 0 Å². The van der Waals surface area contributed by atoms with Crippen LogP contribution in [-0.2, 0) is 4.79 Å². The van der Waals surface area contributed by atoms with Crippen molar-refractivity contribution in [2.45, 2.75) is 19.4 Å². The largest absolute Gasteiger partial charge is 0.481 e. The van der Waals surface area contributed by atoms with Gasteiger partial charge in [-0.1, -0.05) is 6.07 Å². The van der Waals surface area contributed by atoms with Crippen LogP contribution in [0.25, 0.3) is 0 Å². The van der Waals surface area contributed by atoms with Crippen molar-refractivity contribution >= 4 is 17.8 Å². The molecule has 2 amide bonds. The third-order valence-corrected chi connectivity index (χ3v) is 2.81. The fourth-order valence-electron chi connectivity index (χ4n) is 2.01. The van der Waals surface area contributed by atoms with Gasteiger partial charge in [-0.2, -0.15) is 0 Å². The number of carboxylic acid groups (broad SMARTS) is 1. The lowest BCUT2D eigenvalue weighted by Gasteiger charge is -2.20. The van der Waals surface area contributed by atoms with Crippen LogP contribution in [-0.4, -0.2) is 33.8 Å². The summed E-state index contributed by atoms with van der Waals surface area (Å²) in [6.45, 7) is 1.44. The fraction of sp³-hybridized carbons (Fsp3) is 0.250. The van der Waals surface area contributed by atoms with Crippen LogP contribution in [0.3, 0.4) is 0 Å². The summed E-state index contributed by atoms with van der Waals surface area (Å²) in [5.74, 6) is -3.32. The van der Waals surface area contributed by atoms with E-state index < -0.39 is 29.6 Å². The normalized spacial score (nSPS) is 15.8. The molecule has 0 radical (unpaired) electrons. The number of carbonyl (C=O) groups excluding carboxylic acids is 2. The third-order valence-electron chi connectivity index (χ3n) is 2.81. The van der Waals surface area contributed by atoms with E-state index in [4.69, 9.17) is 5.11 Å². The molecule has 1 aromatic carbocycles. The van der Waals surface area contributed by atoms with Gasteiger partial charge in [0.2, 0.25) is 0 Å². The Morgan fingerprint density at radius 1 is 1.39 bits per heavy atom. The summed E-state index contributed by atoms with van der Waals surface area (Å²) in [6, 6.07) is 2.97. The van der Waals surface area contributed by atoms with Crippen molar-refractivity contribution in [2.24, 2.45) is 0 Å². The molecule has 1 aliphatic heterocycles. The standard InChI is InChI=1S/C12H10FNO4/c1-6(5-9(15)16)14-11(17)7-3-2-4-8(13)10(7)12(14)18/h2-4,6H,5H2,1H3,(H,15,16). The van der Waals surface area contributed by atoms with E-state index in [0.29, 0.717) is 0 Å². The van der Waals surface area contributed by atoms with Gasteiger partial charge >= 0.3 is 5.97 Å². The quantitative estimate of drug-likeness (QED) is 0.821. The minimum absolute atomic E-state index is 0.0164. The highest BCUT2D eigenvalue weighted by atomic mass is 19.1. The van der Waals surface area contributed by atoms with Crippen LogP contribution >= 0.6 is 0 Å². The number of fused-ring (bicyclic) bond motifs is 1. The van der Waals surface area contributed by atoms with Crippen molar-refractivity contribution in [1.29, 1.82) is 0 Å². The summed E-state index contributed by atoms with van der Waals surface area (Å²) in [4.78, 5) is 35.2. The molecule has 18 heavy (non-hydrogen) atoms. The first kappa shape index (κ1) is 12.2. The first-order valence-electron chi connectivity index (χ1n) is 5.31. The molecule has 1 aliphatic rings. The number of hydrogen-bond donors (Lipinski definition) is 1. The Kier molecular flexibility index (Phi) is 2.86. The van der Waals surface area contributed by atoms with E-state index in [0.717, 1.165) is 11.0 Å². The second kappa shape index (κ2) is 4.21. The highest BCUT2D eigenvalue weighted by molar-refractivity contribution is 6.21. The molecule has 0 bridgehead atoms. The number of amides is 2. The maximum absolute atomic E-state index is 13.5. The summed E-state index contributed by atoms with van der Waals surface area (Å²) in [5.41, 5.74) is -0.294. The Balaban J connectivity index is 2.40. The zero-order valence-corrected chi connectivity index (χ0v) is 9.51. The van der Waals surface area contributed by atoms with Crippen LogP contribution in [0.2, 0.25) is 0 Å². The number of hydrogen-bond acceptors (Lipinski definition) is 3. The highest BCUT2D eigenvalue weighted by Crippen LogP contribution is 2.27. The number of imide groups is 1. The third kappa shape index (κ3) is 1.75. The SMILES string of the molecule is CC(CC(=O)O)N1C(=O)c2cccc(F)c2C1=O. The summed E-state index contributed by atoms with van der Waals surface area (Å²) >= 11 is 0. The number of carboxylic acids is 1. The number of halogens is 1. The summed E-state index contributed by atoms with van der Waals surface area (Å²) in [6.07, 6.45) is -0.368. The van der Waals surface area contributed by atoms with Gasteiger partial charge in [-0.05, 0) is 19.1 Å². The summed E-state index contributed by atoms with van der Waals surface area (Å²) < 4.78 is 13.5. The lowest BCUT2D eigenvalue weighted by atomic mass is 10.1. The summed E-state index contributed by atoms with van der Waals surface area (Å²) in [5, 5.41) is 8.66. The van der Waals surface area contributed by atoms with Gasteiger partial charge in [0.25, 0.3) is 11.8 Å². The van der Waals surface area contributed by atoms with Crippen molar-refractivity contribution in [1.82, 2.24) is 4.90 Å². The minimum Gasteiger partial charge on any atom is -0.481 e. The molecule has 5 nitrogen and oxygen atoms in total. The molecule has 1 unspecified atom stereocenters. The van der Waals surface area contributed by atoms with Crippen LogP contribution in [0.15, 0.2) is 18.2 Å². The first-order valence-corrected chi connectivity index (χ1v) is 5.31. The van der Waals surface area contributed by atoms with E-state index >= 15 is 0 Å². The second-order valence-corrected chi connectivity index (χ2v) is 4.09. The molecular formula is C12H10FNO4. The fourth-order valence-corrected chi connectivity index (χ4v) is 2.01. The summed E-state index contributed by atoms with van der Waals surface area (Å²) in [7, 11) is 0. The predicted octanol–water partition coefficient (Wildman–Crippen LogP) is 1.28. The molecule has 94 valence electrons. The van der Waals surface area contributed by atoms with Gasteiger partial charge in [0.1, 0.15) is 5.82 Å². The molecule has 0 fully saturated rings. The maximum atomic E-state index is 13.5. The Morgan fingerprint density at radius 2 is 2.06 bits per heavy atom. The van der Waals surface area contributed by atoms with Crippen molar-refractivity contribution in [3.8, 4) is 0 Å². The Morgan fingerprint density at radius 3 is 2.61 bits per heavy atom. The number of rotatable bonds is 3. The van der Waals surface area contributed by atoms with Crippen LogP contribution in [0.5, 0.6) is 0 Å². The monoisotopic (exact) mass is 251 g/mol. The molecule has 0 aromatic heterocycles. The van der Waals surface area contributed by atoms with Crippen LogP contribution in [0, 0.1) is 5.82 Å². The van der Waals surface area contributed by atoms with Gasteiger partial charge in [-0.25, -0.2) is 4.39 Å². The van der Waals surface area contributed by atoms with Crippen molar-refractivity contribution in [2.75, 3.05) is 0 Å². The Bertz CT molecular complexity index is 555. The lowest BCUT2D eigenvalue weighted by molar-refractivity contribution is -0.137. The van der Waals surface area contributed by atoms with E-state index in [2.05, 4.69) is 0 Å². The lowest BCUT2D eigenvalue weighted by Crippen LogP contribution is -2.39. The number of nitrogens with zero attached hydrogens (tertiary/aromatic N) is 1. The van der Waals surface area contributed by atoms with Crippen molar-refractivity contribution < 1.29 is 23.9 Å². The van der Waals surface area contributed by atoms with Crippen LogP contribution < -0.4 is 0 Å². The number of aliphatic carboxylic acids is 1.